The largest absolute Gasteiger partial charge is 0.396 e. The summed E-state index contributed by atoms with van der Waals surface area (Å²) in [5, 5.41) is 12.3. The molecule has 0 radical (unpaired) electrons. The molecule has 0 unspecified atom stereocenters. The minimum absolute atomic E-state index is 0.112. The fourth-order valence-corrected chi connectivity index (χ4v) is 2.06. The number of hydrogen-bond donors (Lipinski definition) is 2. The highest BCUT2D eigenvalue weighted by Crippen LogP contribution is 2.29. The van der Waals surface area contributed by atoms with Crippen molar-refractivity contribution in [2.24, 2.45) is 5.92 Å². The number of rotatable bonds is 2. The van der Waals surface area contributed by atoms with Gasteiger partial charge < -0.3 is 10.4 Å². The molecule has 2 atom stereocenters. The van der Waals surface area contributed by atoms with E-state index in [1.54, 1.807) is 12.1 Å². The van der Waals surface area contributed by atoms with E-state index >= 15 is 0 Å². The molecule has 76 valence electrons. The molecule has 1 heterocycles. The van der Waals surface area contributed by atoms with Crippen molar-refractivity contribution in [2.45, 2.75) is 5.92 Å². The van der Waals surface area contributed by atoms with Crippen LogP contribution in [0.5, 0.6) is 0 Å². The van der Waals surface area contributed by atoms with E-state index < -0.39 is 0 Å². The van der Waals surface area contributed by atoms with Crippen LogP contribution < -0.4 is 5.32 Å². The van der Waals surface area contributed by atoms with Gasteiger partial charge in [-0.3, -0.25) is 0 Å². The van der Waals surface area contributed by atoms with Crippen molar-refractivity contribution in [3.8, 4) is 0 Å². The molecule has 0 aromatic heterocycles. The summed E-state index contributed by atoms with van der Waals surface area (Å²) in [5.74, 6) is 0.0905. The van der Waals surface area contributed by atoms with Gasteiger partial charge in [0.2, 0.25) is 0 Å². The second-order valence-electron chi connectivity index (χ2n) is 3.73. The summed E-state index contributed by atoms with van der Waals surface area (Å²) in [4.78, 5) is 0. The van der Waals surface area contributed by atoms with Crippen LogP contribution >= 0.6 is 0 Å². The average molecular weight is 195 g/mol. The van der Waals surface area contributed by atoms with Gasteiger partial charge in [0.25, 0.3) is 0 Å². The van der Waals surface area contributed by atoms with E-state index in [9.17, 15) is 4.39 Å². The summed E-state index contributed by atoms with van der Waals surface area (Å²) >= 11 is 0. The molecule has 3 heteroatoms. The van der Waals surface area contributed by atoms with E-state index in [4.69, 9.17) is 5.11 Å². The van der Waals surface area contributed by atoms with Gasteiger partial charge in [0.1, 0.15) is 5.82 Å². The molecule has 0 bridgehead atoms. The van der Waals surface area contributed by atoms with E-state index in [0.29, 0.717) is 0 Å². The predicted octanol–water partition coefficient (Wildman–Crippen LogP) is 1.12. The maximum Gasteiger partial charge on any atom is 0.126 e. The molecule has 1 saturated heterocycles. The van der Waals surface area contributed by atoms with Crippen LogP contribution in [0.15, 0.2) is 24.3 Å². The van der Waals surface area contributed by atoms with Crippen molar-refractivity contribution in [3.63, 3.8) is 0 Å². The predicted molar refractivity (Wildman–Crippen MR) is 52.6 cm³/mol. The molecule has 2 nitrogen and oxygen atoms in total. The van der Waals surface area contributed by atoms with Gasteiger partial charge in [0, 0.05) is 31.5 Å². The molecule has 0 amide bonds. The third-order valence-corrected chi connectivity index (χ3v) is 2.88. The van der Waals surface area contributed by atoms with Gasteiger partial charge in [-0.1, -0.05) is 18.2 Å². The second-order valence-corrected chi connectivity index (χ2v) is 3.73. The smallest absolute Gasteiger partial charge is 0.126 e. The van der Waals surface area contributed by atoms with Crippen molar-refractivity contribution >= 4 is 0 Å². The van der Waals surface area contributed by atoms with E-state index in [2.05, 4.69) is 5.32 Å². The van der Waals surface area contributed by atoms with Crippen molar-refractivity contribution in [1.82, 2.24) is 5.32 Å². The molecule has 1 aliphatic rings. The van der Waals surface area contributed by atoms with E-state index in [1.165, 1.54) is 6.07 Å². The number of nitrogens with one attached hydrogen (secondary N) is 1. The highest BCUT2D eigenvalue weighted by Gasteiger charge is 2.29. The summed E-state index contributed by atoms with van der Waals surface area (Å²) in [5.41, 5.74) is 0.719. The summed E-state index contributed by atoms with van der Waals surface area (Å²) in [7, 11) is 0. The number of halogens is 1. The second kappa shape index (κ2) is 4.07. The fraction of sp³-hybridized carbons (Fsp3) is 0.455. The summed E-state index contributed by atoms with van der Waals surface area (Å²) in [6.45, 7) is 1.65. The monoisotopic (exact) mass is 195 g/mol. The van der Waals surface area contributed by atoms with Crippen LogP contribution in [0.1, 0.15) is 11.5 Å². The molecular weight excluding hydrogens is 181 g/mol. The number of benzene rings is 1. The molecule has 0 aliphatic carbocycles. The normalized spacial score (nSPS) is 26.7. The van der Waals surface area contributed by atoms with Crippen molar-refractivity contribution < 1.29 is 9.50 Å². The van der Waals surface area contributed by atoms with Gasteiger partial charge in [-0.05, 0) is 11.6 Å². The Hall–Kier alpha value is -0.930. The van der Waals surface area contributed by atoms with Gasteiger partial charge in [-0.15, -0.1) is 0 Å². The summed E-state index contributed by atoms with van der Waals surface area (Å²) < 4.78 is 13.4. The van der Waals surface area contributed by atoms with Crippen LogP contribution in [0.2, 0.25) is 0 Å². The quantitative estimate of drug-likeness (QED) is 0.741. The van der Waals surface area contributed by atoms with Gasteiger partial charge in [-0.2, -0.15) is 0 Å². The van der Waals surface area contributed by atoms with Crippen LogP contribution in [0.3, 0.4) is 0 Å². The molecule has 2 rings (SSSR count). The van der Waals surface area contributed by atoms with Crippen molar-refractivity contribution in [2.75, 3.05) is 19.7 Å². The molecule has 0 saturated carbocycles. The van der Waals surface area contributed by atoms with Gasteiger partial charge in [-0.25, -0.2) is 4.39 Å². The van der Waals surface area contributed by atoms with Crippen molar-refractivity contribution in [3.05, 3.63) is 35.6 Å². The highest BCUT2D eigenvalue weighted by atomic mass is 19.1. The summed E-state index contributed by atoms with van der Waals surface area (Å²) in [6.07, 6.45) is 0. The number of hydrogen-bond acceptors (Lipinski definition) is 2. The minimum Gasteiger partial charge on any atom is -0.396 e. The number of aliphatic hydroxyl groups is 1. The highest BCUT2D eigenvalue weighted by molar-refractivity contribution is 5.24. The van der Waals surface area contributed by atoms with E-state index in [0.717, 1.165) is 18.7 Å². The van der Waals surface area contributed by atoms with Crippen LogP contribution in [-0.4, -0.2) is 24.8 Å². The molecule has 2 N–H and O–H groups in total. The van der Waals surface area contributed by atoms with Gasteiger partial charge in [0.05, 0.1) is 0 Å². The van der Waals surface area contributed by atoms with Crippen LogP contribution in [0, 0.1) is 11.7 Å². The zero-order valence-corrected chi connectivity index (χ0v) is 7.91. The molecule has 1 aromatic carbocycles. The maximum absolute atomic E-state index is 13.4. The lowest BCUT2D eigenvalue weighted by Gasteiger charge is -2.16. The minimum atomic E-state index is -0.167. The first-order chi connectivity index (χ1) is 6.83. The lowest BCUT2D eigenvalue weighted by atomic mass is 9.89. The first-order valence-electron chi connectivity index (χ1n) is 4.89. The SMILES string of the molecule is OC[C@H]1CNC[C@H]1c1ccccc1F. The van der Waals surface area contributed by atoms with Crippen LogP contribution in [-0.2, 0) is 0 Å². The third-order valence-electron chi connectivity index (χ3n) is 2.88. The Morgan fingerprint density at radius 3 is 2.86 bits per heavy atom. The molecular formula is C11H14FNO. The molecule has 0 spiro atoms. The first kappa shape index (κ1) is 9.62. The first-order valence-corrected chi connectivity index (χ1v) is 4.89. The summed E-state index contributed by atoms with van der Waals surface area (Å²) in [6, 6.07) is 6.80. The maximum atomic E-state index is 13.4. The molecule has 1 aliphatic heterocycles. The third kappa shape index (κ3) is 1.65. The average Bonchev–Trinajstić information content (AvgIpc) is 2.66. The Morgan fingerprint density at radius 2 is 2.14 bits per heavy atom. The van der Waals surface area contributed by atoms with Crippen LogP contribution in [0.4, 0.5) is 4.39 Å². The Labute approximate surface area is 82.8 Å². The Bertz CT molecular complexity index is 316. The van der Waals surface area contributed by atoms with E-state index in [-0.39, 0.29) is 24.3 Å². The van der Waals surface area contributed by atoms with Crippen LogP contribution in [0.25, 0.3) is 0 Å². The zero-order valence-electron chi connectivity index (χ0n) is 7.91. The zero-order chi connectivity index (χ0) is 9.97. The Balaban J connectivity index is 2.26. The standard InChI is InChI=1S/C11H14FNO/c12-11-4-2-1-3-9(11)10-6-13-5-8(10)7-14/h1-4,8,10,13-14H,5-7H2/t8-,10-/m1/s1. The Morgan fingerprint density at radius 1 is 1.36 bits per heavy atom. The number of aliphatic hydroxyl groups excluding tert-OH is 1. The van der Waals surface area contributed by atoms with Gasteiger partial charge in [0.15, 0.2) is 0 Å². The lowest BCUT2D eigenvalue weighted by Crippen LogP contribution is -2.15. The molecule has 1 fully saturated rings. The topological polar surface area (TPSA) is 32.3 Å². The lowest BCUT2D eigenvalue weighted by molar-refractivity contribution is 0.225. The molecule has 14 heavy (non-hydrogen) atoms. The Kier molecular flexibility index (Phi) is 2.79. The van der Waals surface area contributed by atoms with E-state index in [1.807, 2.05) is 6.07 Å². The van der Waals surface area contributed by atoms with Crippen molar-refractivity contribution in [1.29, 1.82) is 0 Å². The molecule has 1 aromatic rings. The van der Waals surface area contributed by atoms with Gasteiger partial charge >= 0.3 is 0 Å². The fourth-order valence-electron chi connectivity index (χ4n) is 2.06.